The summed E-state index contributed by atoms with van der Waals surface area (Å²) in [7, 11) is -0.853. The molecule has 0 unspecified atom stereocenters. The monoisotopic (exact) mass is 505 g/mol. The molecule has 0 heterocycles. The van der Waals surface area contributed by atoms with Gasteiger partial charge in [0, 0.05) is 12.6 Å². The van der Waals surface area contributed by atoms with Crippen LogP contribution in [0, 0.1) is 0 Å². The number of rotatable bonds is 12. The number of hydrogen-bond acceptors (Lipinski definition) is 6. The lowest BCUT2D eigenvalue weighted by atomic mass is 10.1. The molecule has 192 valence electrons. The summed E-state index contributed by atoms with van der Waals surface area (Å²) in [5.74, 6) is 0.136. The average molecular weight is 506 g/mol. The van der Waals surface area contributed by atoms with Gasteiger partial charge in [0.05, 0.1) is 26.2 Å². The van der Waals surface area contributed by atoms with Crippen LogP contribution in [0.15, 0.2) is 48.5 Å². The third-order valence-electron chi connectivity index (χ3n) is 5.71. The van der Waals surface area contributed by atoms with E-state index in [4.69, 9.17) is 9.47 Å². The van der Waals surface area contributed by atoms with Crippen LogP contribution in [0.1, 0.15) is 32.8 Å². The van der Waals surface area contributed by atoms with E-state index in [1.807, 2.05) is 13.8 Å². The molecule has 0 spiro atoms. The van der Waals surface area contributed by atoms with Crippen molar-refractivity contribution in [2.75, 3.05) is 31.3 Å². The Morgan fingerprint density at radius 1 is 1.00 bits per heavy atom. The van der Waals surface area contributed by atoms with Crippen LogP contribution in [0.4, 0.5) is 5.69 Å². The average Bonchev–Trinajstić information content (AvgIpc) is 2.84. The molecular weight excluding hydrogens is 470 g/mol. The lowest BCUT2D eigenvalue weighted by molar-refractivity contribution is -0.139. The van der Waals surface area contributed by atoms with Gasteiger partial charge >= 0.3 is 0 Å². The van der Waals surface area contributed by atoms with Gasteiger partial charge in [-0.25, -0.2) is 8.42 Å². The van der Waals surface area contributed by atoms with Crippen LogP contribution in [0.3, 0.4) is 0 Å². The quantitative estimate of drug-likeness (QED) is 0.476. The fourth-order valence-corrected chi connectivity index (χ4v) is 4.26. The minimum Gasteiger partial charge on any atom is -0.497 e. The molecule has 0 saturated carbocycles. The first-order valence-electron chi connectivity index (χ1n) is 11.3. The summed E-state index contributed by atoms with van der Waals surface area (Å²) >= 11 is 0. The fraction of sp³-hybridized carbons (Fsp3) is 0.440. The predicted molar refractivity (Wildman–Crippen MR) is 136 cm³/mol. The number of para-hydroxylation sites is 2. The van der Waals surface area contributed by atoms with Crippen LogP contribution >= 0.6 is 0 Å². The van der Waals surface area contributed by atoms with Crippen molar-refractivity contribution in [3.8, 4) is 11.5 Å². The molecule has 1 N–H and O–H groups in total. The zero-order valence-corrected chi connectivity index (χ0v) is 22.0. The lowest BCUT2D eigenvalue weighted by Crippen LogP contribution is -2.52. The Kier molecular flexibility index (Phi) is 9.94. The first-order chi connectivity index (χ1) is 16.5. The topological polar surface area (TPSA) is 105 Å². The third kappa shape index (κ3) is 7.61. The Hall–Kier alpha value is -3.27. The van der Waals surface area contributed by atoms with Crippen molar-refractivity contribution in [2.45, 2.75) is 45.8 Å². The van der Waals surface area contributed by atoms with Gasteiger partial charge in [-0.1, -0.05) is 31.2 Å². The summed E-state index contributed by atoms with van der Waals surface area (Å²) in [5, 5.41) is 2.90. The summed E-state index contributed by atoms with van der Waals surface area (Å²) in [6.07, 6.45) is 1.76. The van der Waals surface area contributed by atoms with Gasteiger partial charge in [0.25, 0.3) is 0 Å². The Bertz CT molecular complexity index is 1100. The summed E-state index contributed by atoms with van der Waals surface area (Å²) < 4.78 is 36.9. The number of benzene rings is 2. The summed E-state index contributed by atoms with van der Waals surface area (Å²) in [4.78, 5) is 27.9. The van der Waals surface area contributed by atoms with Gasteiger partial charge in [-0.3, -0.25) is 13.9 Å². The van der Waals surface area contributed by atoms with Crippen LogP contribution in [0.5, 0.6) is 11.5 Å². The van der Waals surface area contributed by atoms with E-state index >= 15 is 0 Å². The second kappa shape index (κ2) is 12.4. The van der Waals surface area contributed by atoms with Gasteiger partial charge in [-0.05, 0) is 50.1 Å². The highest BCUT2D eigenvalue weighted by Crippen LogP contribution is 2.29. The maximum atomic E-state index is 13.6. The van der Waals surface area contributed by atoms with Gasteiger partial charge in [0.1, 0.15) is 24.1 Å². The Labute approximate surface area is 208 Å². The molecule has 0 radical (unpaired) electrons. The molecule has 0 fully saturated rings. The summed E-state index contributed by atoms with van der Waals surface area (Å²) in [5.41, 5.74) is 1.01. The first kappa shape index (κ1) is 28.0. The fourth-order valence-electron chi connectivity index (χ4n) is 3.41. The molecule has 0 bridgehead atoms. The van der Waals surface area contributed by atoms with Crippen LogP contribution in [0.2, 0.25) is 0 Å². The second-order valence-electron chi connectivity index (χ2n) is 8.31. The lowest BCUT2D eigenvalue weighted by Gasteiger charge is -2.32. The van der Waals surface area contributed by atoms with E-state index in [0.717, 1.165) is 22.5 Å². The van der Waals surface area contributed by atoms with Crippen LogP contribution in [0.25, 0.3) is 0 Å². The molecule has 0 saturated heterocycles. The van der Waals surface area contributed by atoms with Gasteiger partial charge in [-0.15, -0.1) is 0 Å². The number of hydrogen-bond donors (Lipinski definition) is 1. The van der Waals surface area contributed by atoms with Crippen molar-refractivity contribution in [3.63, 3.8) is 0 Å². The number of carbonyl (C=O) groups is 2. The largest absolute Gasteiger partial charge is 0.497 e. The van der Waals surface area contributed by atoms with Crippen LogP contribution < -0.4 is 19.1 Å². The first-order valence-corrected chi connectivity index (χ1v) is 13.2. The van der Waals surface area contributed by atoms with E-state index < -0.39 is 28.5 Å². The highest BCUT2D eigenvalue weighted by Gasteiger charge is 2.31. The molecule has 10 heteroatoms. The molecule has 2 amide bonds. The summed E-state index contributed by atoms with van der Waals surface area (Å²) in [6.45, 7) is 5.09. The number of sulfonamides is 1. The normalized spacial score (nSPS) is 12.9. The van der Waals surface area contributed by atoms with E-state index in [0.29, 0.717) is 11.5 Å². The van der Waals surface area contributed by atoms with Gasteiger partial charge < -0.3 is 19.7 Å². The van der Waals surface area contributed by atoms with E-state index in [9.17, 15) is 18.0 Å². The van der Waals surface area contributed by atoms with Gasteiger partial charge in [0.15, 0.2) is 0 Å². The minimum absolute atomic E-state index is 0.0658. The number of nitrogens with one attached hydrogen (secondary N) is 1. The molecule has 0 aliphatic heterocycles. The smallest absolute Gasteiger partial charge is 0.244 e. The Morgan fingerprint density at radius 3 is 2.17 bits per heavy atom. The Morgan fingerprint density at radius 2 is 1.63 bits per heavy atom. The maximum Gasteiger partial charge on any atom is 0.244 e. The molecule has 2 atom stereocenters. The van der Waals surface area contributed by atoms with E-state index in [-0.39, 0.29) is 24.2 Å². The van der Waals surface area contributed by atoms with Crippen molar-refractivity contribution in [3.05, 3.63) is 54.1 Å². The number of anilines is 1. The number of carbonyl (C=O) groups excluding carboxylic acids is 2. The number of nitrogens with zero attached hydrogens (tertiary/aromatic N) is 2. The number of methoxy groups -OCH3 is 2. The number of amides is 2. The molecule has 0 aromatic heterocycles. The van der Waals surface area contributed by atoms with Gasteiger partial charge in [-0.2, -0.15) is 0 Å². The maximum absolute atomic E-state index is 13.6. The molecular formula is C25H35N3O6S. The molecule has 0 aliphatic rings. The van der Waals surface area contributed by atoms with E-state index in [2.05, 4.69) is 5.32 Å². The zero-order chi connectivity index (χ0) is 26.2. The molecule has 0 aliphatic carbocycles. The molecule has 2 aromatic rings. The van der Waals surface area contributed by atoms with Crippen molar-refractivity contribution in [1.29, 1.82) is 0 Å². The second-order valence-corrected chi connectivity index (χ2v) is 10.2. The zero-order valence-electron chi connectivity index (χ0n) is 21.1. The molecule has 2 rings (SSSR count). The Balaban J connectivity index is 2.41. The third-order valence-corrected chi connectivity index (χ3v) is 6.84. The molecule has 9 nitrogen and oxygen atoms in total. The highest BCUT2D eigenvalue weighted by molar-refractivity contribution is 7.92. The van der Waals surface area contributed by atoms with E-state index in [1.165, 1.54) is 12.0 Å². The highest BCUT2D eigenvalue weighted by atomic mass is 32.2. The minimum atomic E-state index is -3.84. The SMILES string of the molecule is CC[C@@H](C)NC(=O)[C@H](C)N(Cc1ccc(OC)cc1)C(=O)CN(c1ccccc1OC)S(C)(=O)=O. The molecule has 2 aromatic carbocycles. The summed E-state index contributed by atoms with van der Waals surface area (Å²) in [6, 6.07) is 12.8. The van der Waals surface area contributed by atoms with Crippen molar-refractivity contribution >= 4 is 27.5 Å². The van der Waals surface area contributed by atoms with Crippen molar-refractivity contribution < 1.29 is 27.5 Å². The van der Waals surface area contributed by atoms with Crippen molar-refractivity contribution in [2.24, 2.45) is 0 Å². The van der Waals surface area contributed by atoms with Crippen molar-refractivity contribution in [1.82, 2.24) is 10.2 Å². The van der Waals surface area contributed by atoms with E-state index in [1.54, 1.807) is 62.6 Å². The van der Waals surface area contributed by atoms with Gasteiger partial charge in [0.2, 0.25) is 21.8 Å². The van der Waals surface area contributed by atoms with Crippen LogP contribution in [-0.2, 0) is 26.2 Å². The molecule has 35 heavy (non-hydrogen) atoms. The van der Waals surface area contributed by atoms with Crippen LogP contribution in [-0.4, -0.2) is 64.2 Å². The predicted octanol–water partition coefficient (Wildman–Crippen LogP) is 2.80. The number of ether oxygens (including phenoxy) is 2. The standard InChI is InChI=1S/C25H35N3O6S/c1-7-18(2)26-25(30)19(3)27(16-20-12-14-21(33-4)15-13-20)24(29)17-28(35(6,31)32)22-10-8-9-11-23(22)34-5/h8-15,18-19H,7,16-17H2,1-6H3,(H,26,30)/t18-,19+/m1/s1.